The third kappa shape index (κ3) is 4.04. The van der Waals surface area contributed by atoms with E-state index >= 15 is 0 Å². The van der Waals surface area contributed by atoms with Crippen molar-refractivity contribution in [2.45, 2.75) is 13.1 Å². The number of hydrogen-bond donors (Lipinski definition) is 1. The Morgan fingerprint density at radius 3 is 2.52 bits per heavy atom. The standard InChI is InChI=1S/C16H15IN4/c17-14-8-6-13(7-9-14)11-21-12-16(19-20-21)10-18-15-4-2-1-3-5-15/h1-9,12,18H,10-11H2. The Bertz CT molecular complexity index is 692. The first-order valence-electron chi connectivity index (χ1n) is 6.72. The first-order chi connectivity index (χ1) is 10.3. The highest BCUT2D eigenvalue weighted by atomic mass is 127. The molecule has 1 aromatic heterocycles. The van der Waals surface area contributed by atoms with Crippen LogP contribution in [0.4, 0.5) is 5.69 Å². The first kappa shape index (κ1) is 14.1. The molecule has 0 amide bonds. The molecule has 0 unspecified atom stereocenters. The first-order valence-corrected chi connectivity index (χ1v) is 7.80. The van der Waals surface area contributed by atoms with E-state index in [9.17, 15) is 0 Å². The number of nitrogens with zero attached hydrogens (tertiary/aromatic N) is 3. The Labute approximate surface area is 137 Å². The molecule has 0 saturated carbocycles. The molecule has 0 bridgehead atoms. The maximum Gasteiger partial charge on any atom is 0.102 e. The molecule has 3 rings (SSSR count). The number of benzene rings is 2. The van der Waals surface area contributed by atoms with Gasteiger partial charge in [-0.05, 0) is 52.4 Å². The van der Waals surface area contributed by atoms with Gasteiger partial charge in [0.25, 0.3) is 0 Å². The second-order valence-corrected chi connectivity index (χ2v) is 6.00. The largest absolute Gasteiger partial charge is 0.379 e. The summed E-state index contributed by atoms with van der Waals surface area (Å²) in [6.45, 7) is 1.42. The molecule has 4 nitrogen and oxygen atoms in total. The van der Waals surface area contributed by atoms with Crippen molar-refractivity contribution in [1.29, 1.82) is 0 Å². The summed E-state index contributed by atoms with van der Waals surface area (Å²) in [4.78, 5) is 0. The van der Waals surface area contributed by atoms with Crippen molar-refractivity contribution in [3.8, 4) is 0 Å². The van der Waals surface area contributed by atoms with Crippen LogP contribution in [-0.2, 0) is 13.1 Å². The third-order valence-corrected chi connectivity index (χ3v) is 3.81. The average Bonchev–Trinajstić information content (AvgIpc) is 2.96. The fourth-order valence-corrected chi connectivity index (χ4v) is 2.38. The maximum atomic E-state index is 4.19. The molecule has 2 aromatic carbocycles. The van der Waals surface area contributed by atoms with Crippen LogP contribution in [0.3, 0.4) is 0 Å². The second kappa shape index (κ2) is 6.71. The fourth-order valence-electron chi connectivity index (χ4n) is 2.02. The SMILES string of the molecule is Ic1ccc(Cn2cc(CNc3ccccc3)nn2)cc1. The van der Waals surface area contributed by atoms with Gasteiger partial charge in [-0.25, -0.2) is 4.68 Å². The van der Waals surface area contributed by atoms with Gasteiger partial charge in [0.15, 0.2) is 0 Å². The van der Waals surface area contributed by atoms with Gasteiger partial charge in [0.1, 0.15) is 5.69 Å². The van der Waals surface area contributed by atoms with Gasteiger partial charge in [0.2, 0.25) is 0 Å². The topological polar surface area (TPSA) is 42.7 Å². The smallest absolute Gasteiger partial charge is 0.102 e. The Hall–Kier alpha value is -1.89. The lowest BCUT2D eigenvalue weighted by atomic mass is 10.2. The molecule has 3 aromatic rings. The van der Waals surface area contributed by atoms with E-state index in [4.69, 9.17) is 0 Å². The highest BCUT2D eigenvalue weighted by molar-refractivity contribution is 14.1. The minimum absolute atomic E-state index is 0.677. The third-order valence-electron chi connectivity index (χ3n) is 3.09. The monoisotopic (exact) mass is 390 g/mol. The highest BCUT2D eigenvalue weighted by Crippen LogP contribution is 2.09. The van der Waals surface area contributed by atoms with Gasteiger partial charge in [0.05, 0.1) is 19.3 Å². The number of anilines is 1. The molecule has 0 fully saturated rings. The Morgan fingerprint density at radius 1 is 1.00 bits per heavy atom. The highest BCUT2D eigenvalue weighted by Gasteiger charge is 2.02. The minimum atomic E-state index is 0.677. The normalized spacial score (nSPS) is 10.5. The number of para-hydroxylation sites is 1. The quantitative estimate of drug-likeness (QED) is 0.678. The molecule has 0 aliphatic carbocycles. The van der Waals surface area contributed by atoms with Crippen molar-refractivity contribution in [3.63, 3.8) is 0 Å². The Morgan fingerprint density at radius 2 is 1.76 bits per heavy atom. The number of halogens is 1. The van der Waals surface area contributed by atoms with E-state index in [1.165, 1.54) is 9.13 Å². The van der Waals surface area contributed by atoms with Gasteiger partial charge in [-0.15, -0.1) is 5.10 Å². The van der Waals surface area contributed by atoms with Crippen LogP contribution in [0.2, 0.25) is 0 Å². The number of rotatable bonds is 5. The summed E-state index contributed by atoms with van der Waals surface area (Å²) in [5.74, 6) is 0. The van der Waals surface area contributed by atoms with Crippen LogP contribution >= 0.6 is 22.6 Å². The van der Waals surface area contributed by atoms with Gasteiger partial charge < -0.3 is 5.32 Å². The van der Waals surface area contributed by atoms with Crippen molar-refractivity contribution >= 4 is 28.3 Å². The van der Waals surface area contributed by atoms with Crippen LogP contribution in [0.1, 0.15) is 11.3 Å². The molecule has 5 heteroatoms. The number of nitrogens with one attached hydrogen (secondary N) is 1. The minimum Gasteiger partial charge on any atom is -0.379 e. The van der Waals surface area contributed by atoms with Crippen molar-refractivity contribution in [2.24, 2.45) is 0 Å². The molecule has 0 atom stereocenters. The lowest BCUT2D eigenvalue weighted by Crippen LogP contribution is -2.00. The van der Waals surface area contributed by atoms with E-state index in [1.54, 1.807) is 0 Å². The van der Waals surface area contributed by atoms with E-state index in [-0.39, 0.29) is 0 Å². The van der Waals surface area contributed by atoms with Crippen molar-refractivity contribution in [2.75, 3.05) is 5.32 Å². The van der Waals surface area contributed by atoms with Gasteiger partial charge >= 0.3 is 0 Å². The predicted molar refractivity (Wildman–Crippen MR) is 92.1 cm³/mol. The van der Waals surface area contributed by atoms with Gasteiger partial charge in [-0.3, -0.25) is 0 Å². The lowest BCUT2D eigenvalue weighted by Gasteiger charge is -2.03. The van der Waals surface area contributed by atoms with Crippen LogP contribution in [0.5, 0.6) is 0 Å². The summed E-state index contributed by atoms with van der Waals surface area (Å²) >= 11 is 2.31. The van der Waals surface area contributed by atoms with Crippen LogP contribution in [0, 0.1) is 3.57 Å². The van der Waals surface area contributed by atoms with E-state index in [0.717, 1.165) is 17.9 Å². The molecule has 0 saturated heterocycles. The summed E-state index contributed by atoms with van der Waals surface area (Å²) in [5, 5.41) is 11.7. The number of hydrogen-bond acceptors (Lipinski definition) is 3. The van der Waals surface area contributed by atoms with E-state index < -0.39 is 0 Å². The van der Waals surface area contributed by atoms with E-state index in [2.05, 4.69) is 62.5 Å². The molecule has 0 spiro atoms. The van der Waals surface area contributed by atoms with Gasteiger partial charge in [-0.1, -0.05) is 35.5 Å². The number of aromatic nitrogens is 3. The molecular weight excluding hydrogens is 375 g/mol. The summed E-state index contributed by atoms with van der Waals surface area (Å²) in [6.07, 6.45) is 1.98. The van der Waals surface area contributed by atoms with Crippen LogP contribution in [0.25, 0.3) is 0 Å². The zero-order chi connectivity index (χ0) is 14.5. The molecule has 1 heterocycles. The molecule has 0 aliphatic rings. The van der Waals surface area contributed by atoms with Crippen LogP contribution < -0.4 is 5.32 Å². The maximum absolute atomic E-state index is 4.19. The summed E-state index contributed by atoms with van der Waals surface area (Å²) < 4.78 is 3.10. The van der Waals surface area contributed by atoms with Crippen LogP contribution in [-0.4, -0.2) is 15.0 Å². The van der Waals surface area contributed by atoms with Crippen LogP contribution in [0.15, 0.2) is 60.8 Å². The summed E-state index contributed by atoms with van der Waals surface area (Å²) in [6, 6.07) is 18.5. The fraction of sp³-hybridized carbons (Fsp3) is 0.125. The molecular formula is C16H15IN4. The molecule has 0 radical (unpaired) electrons. The Kier molecular flexibility index (Phi) is 4.49. The molecule has 1 N–H and O–H groups in total. The average molecular weight is 390 g/mol. The summed E-state index contributed by atoms with van der Waals surface area (Å²) in [7, 11) is 0. The summed E-state index contributed by atoms with van der Waals surface area (Å²) in [5.41, 5.74) is 3.25. The van der Waals surface area contributed by atoms with Gasteiger partial charge in [0, 0.05) is 9.26 Å². The molecule has 106 valence electrons. The van der Waals surface area contributed by atoms with Crippen molar-refractivity contribution in [3.05, 3.63) is 75.6 Å². The zero-order valence-corrected chi connectivity index (χ0v) is 13.6. The second-order valence-electron chi connectivity index (χ2n) is 4.75. The van der Waals surface area contributed by atoms with Crippen molar-refractivity contribution in [1.82, 2.24) is 15.0 Å². The Balaban J connectivity index is 1.59. The van der Waals surface area contributed by atoms with E-state index in [0.29, 0.717) is 6.54 Å². The van der Waals surface area contributed by atoms with E-state index in [1.807, 2.05) is 41.2 Å². The molecule has 21 heavy (non-hydrogen) atoms. The zero-order valence-electron chi connectivity index (χ0n) is 11.4. The van der Waals surface area contributed by atoms with Gasteiger partial charge in [-0.2, -0.15) is 0 Å². The van der Waals surface area contributed by atoms with Crippen molar-refractivity contribution < 1.29 is 0 Å². The predicted octanol–water partition coefficient (Wildman–Crippen LogP) is 3.54. The lowest BCUT2D eigenvalue weighted by molar-refractivity contribution is 0.649. The molecule has 0 aliphatic heterocycles.